The summed E-state index contributed by atoms with van der Waals surface area (Å²) in [5.41, 5.74) is 0.510. The second-order valence-corrected chi connectivity index (χ2v) is 8.88. The van der Waals surface area contributed by atoms with Crippen LogP contribution >= 0.6 is 23.2 Å². The molecule has 3 aromatic carbocycles. The smallest absolute Gasteiger partial charge is 0.343 e. The van der Waals surface area contributed by atoms with Gasteiger partial charge in [0.2, 0.25) is 0 Å². The van der Waals surface area contributed by atoms with Crippen LogP contribution in [-0.4, -0.2) is 31.1 Å². The van der Waals surface area contributed by atoms with Gasteiger partial charge >= 0.3 is 17.9 Å². The van der Waals surface area contributed by atoms with E-state index in [9.17, 15) is 14.4 Å². The maximum Gasteiger partial charge on any atom is 0.343 e. The van der Waals surface area contributed by atoms with Gasteiger partial charge < -0.3 is 18.9 Å². The molecule has 0 saturated carbocycles. The molecule has 38 heavy (non-hydrogen) atoms. The molecule has 3 rings (SSSR count). The van der Waals surface area contributed by atoms with E-state index in [1.165, 1.54) is 18.2 Å². The summed E-state index contributed by atoms with van der Waals surface area (Å²) in [7, 11) is 0. The molecule has 0 aliphatic rings. The summed E-state index contributed by atoms with van der Waals surface area (Å²) in [6, 6.07) is 17.2. The Kier molecular flexibility index (Phi) is 11.2. The van der Waals surface area contributed by atoms with Crippen molar-refractivity contribution in [1.82, 2.24) is 0 Å². The van der Waals surface area contributed by atoms with Gasteiger partial charge in [0, 0.05) is 11.1 Å². The van der Waals surface area contributed by atoms with Gasteiger partial charge in [0.25, 0.3) is 0 Å². The first-order valence-corrected chi connectivity index (χ1v) is 12.6. The molecule has 0 N–H and O–H groups in total. The minimum Gasteiger partial charge on any atom is -0.494 e. The fourth-order valence-electron chi connectivity index (χ4n) is 3.20. The van der Waals surface area contributed by atoms with Crippen LogP contribution < -0.4 is 14.2 Å². The Labute approximate surface area is 230 Å². The van der Waals surface area contributed by atoms with Crippen LogP contribution in [0.2, 0.25) is 10.0 Å². The Balaban J connectivity index is 1.43. The Morgan fingerprint density at radius 2 is 1.32 bits per heavy atom. The summed E-state index contributed by atoms with van der Waals surface area (Å²) in [6.45, 7) is 4.26. The summed E-state index contributed by atoms with van der Waals surface area (Å²) < 4.78 is 21.3. The van der Waals surface area contributed by atoms with Crippen molar-refractivity contribution in [2.24, 2.45) is 0 Å². The minimum atomic E-state index is -0.614. The van der Waals surface area contributed by atoms with Crippen LogP contribution in [0.25, 0.3) is 0 Å². The quantitative estimate of drug-likeness (QED) is 0.0959. The van der Waals surface area contributed by atoms with Gasteiger partial charge in [-0.15, -0.1) is 0 Å². The van der Waals surface area contributed by atoms with Crippen molar-refractivity contribution in [2.75, 3.05) is 13.2 Å². The van der Waals surface area contributed by atoms with E-state index < -0.39 is 17.9 Å². The lowest BCUT2D eigenvalue weighted by atomic mass is 10.2. The third-order valence-corrected chi connectivity index (χ3v) is 5.75. The van der Waals surface area contributed by atoms with Crippen molar-refractivity contribution >= 4 is 41.1 Å². The first-order chi connectivity index (χ1) is 18.4. The molecule has 7 nitrogen and oxygen atoms in total. The lowest BCUT2D eigenvalue weighted by Crippen LogP contribution is -2.11. The SMILES string of the molecule is C=CC(=O)OCCCCCCOc1ccc(C(=O)Oc2ccc(C(=O)Oc3ccc(Cl)cc3)cc2Cl)cc1. The number of ether oxygens (including phenoxy) is 4. The number of carbonyl (C=O) groups is 3. The molecule has 0 aliphatic heterocycles. The standard InChI is InChI=1S/C29H26Cl2O7/c1-2-27(32)36-18-6-4-3-5-17-35-23-12-7-20(8-13-23)28(33)38-26-16-9-21(19-25(26)31)29(34)37-24-14-10-22(30)11-15-24/h2,7-16,19H,1,3-6,17-18H2. The molecule has 0 atom stereocenters. The maximum absolute atomic E-state index is 12.6. The normalized spacial score (nSPS) is 10.4. The molecule has 9 heteroatoms. The van der Waals surface area contributed by atoms with Crippen molar-refractivity contribution in [3.05, 3.63) is 101 Å². The lowest BCUT2D eigenvalue weighted by Gasteiger charge is -2.10. The van der Waals surface area contributed by atoms with Crippen molar-refractivity contribution in [2.45, 2.75) is 25.7 Å². The fourth-order valence-corrected chi connectivity index (χ4v) is 3.55. The summed E-state index contributed by atoms with van der Waals surface area (Å²) >= 11 is 12.1. The van der Waals surface area contributed by atoms with Gasteiger partial charge in [0.1, 0.15) is 17.2 Å². The van der Waals surface area contributed by atoms with E-state index in [-0.39, 0.29) is 16.3 Å². The Morgan fingerprint density at radius 1 is 0.711 bits per heavy atom. The third kappa shape index (κ3) is 9.25. The highest BCUT2D eigenvalue weighted by Gasteiger charge is 2.15. The number of halogens is 2. The molecule has 0 saturated heterocycles. The molecule has 0 aromatic heterocycles. The lowest BCUT2D eigenvalue weighted by molar-refractivity contribution is -0.137. The summed E-state index contributed by atoms with van der Waals surface area (Å²) in [5, 5.41) is 0.609. The highest BCUT2D eigenvalue weighted by molar-refractivity contribution is 6.32. The second-order valence-electron chi connectivity index (χ2n) is 8.04. The Morgan fingerprint density at radius 3 is 1.97 bits per heavy atom. The predicted molar refractivity (Wildman–Crippen MR) is 144 cm³/mol. The van der Waals surface area contributed by atoms with E-state index in [2.05, 4.69) is 6.58 Å². The van der Waals surface area contributed by atoms with Gasteiger partial charge in [0.15, 0.2) is 0 Å². The highest BCUT2D eigenvalue weighted by Crippen LogP contribution is 2.27. The molecule has 0 aliphatic carbocycles. The van der Waals surface area contributed by atoms with Crippen LogP contribution in [0.5, 0.6) is 17.2 Å². The van der Waals surface area contributed by atoms with E-state index in [1.54, 1.807) is 48.5 Å². The number of esters is 3. The van der Waals surface area contributed by atoms with Gasteiger partial charge in [-0.3, -0.25) is 0 Å². The Bertz CT molecular complexity index is 1250. The van der Waals surface area contributed by atoms with Crippen molar-refractivity contribution in [3.63, 3.8) is 0 Å². The van der Waals surface area contributed by atoms with Crippen LogP contribution in [-0.2, 0) is 9.53 Å². The van der Waals surface area contributed by atoms with Crippen molar-refractivity contribution in [3.8, 4) is 17.2 Å². The van der Waals surface area contributed by atoms with Crippen LogP contribution in [0.15, 0.2) is 79.4 Å². The first kappa shape index (κ1) is 28.8. The number of benzene rings is 3. The summed E-state index contributed by atoms with van der Waals surface area (Å²) in [5.74, 6) is -0.553. The molecule has 0 fully saturated rings. The largest absolute Gasteiger partial charge is 0.494 e. The molecule has 3 aromatic rings. The topological polar surface area (TPSA) is 88.1 Å². The van der Waals surface area contributed by atoms with E-state index in [0.717, 1.165) is 31.8 Å². The van der Waals surface area contributed by atoms with Gasteiger partial charge in [-0.05, 0) is 92.4 Å². The average molecular weight is 557 g/mol. The first-order valence-electron chi connectivity index (χ1n) is 11.9. The van der Waals surface area contributed by atoms with Crippen LogP contribution in [0.4, 0.5) is 0 Å². The van der Waals surface area contributed by atoms with Crippen LogP contribution in [0.3, 0.4) is 0 Å². The molecule has 198 valence electrons. The average Bonchev–Trinajstić information content (AvgIpc) is 2.92. The van der Waals surface area contributed by atoms with Gasteiger partial charge in [-0.2, -0.15) is 0 Å². The third-order valence-electron chi connectivity index (χ3n) is 5.20. The molecular formula is C29H26Cl2O7. The molecule has 0 spiro atoms. The zero-order chi connectivity index (χ0) is 27.3. The number of hydrogen-bond acceptors (Lipinski definition) is 7. The zero-order valence-electron chi connectivity index (χ0n) is 20.5. The predicted octanol–water partition coefficient (Wildman–Crippen LogP) is 7.10. The number of carbonyl (C=O) groups excluding carboxylic acids is 3. The zero-order valence-corrected chi connectivity index (χ0v) is 22.0. The Hall–Kier alpha value is -3.81. The minimum absolute atomic E-state index is 0.0859. The fraction of sp³-hybridized carbons (Fsp3) is 0.207. The number of hydrogen-bond donors (Lipinski definition) is 0. The van der Waals surface area contributed by atoms with Crippen molar-refractivity contribution < 1.29 is 33.3 Å². The molecule has 0 heterocycles. The monoisotopic (exact) mass is 556 g/mol. The van der Waals surface area contributed by atoms with E-state index in [0.29, 0.717) is 35.3 Å². The molecule has 0 unspecified atom stereocenters. The molecular weight excluding hydrogens is 531 g/mol. The number of unbranched alkanes of at least 4 members (excludes halogenated alkanes) is 3. The van der Waals surface area contributed by atoms with Gasteiger partial charge in [-0.1, -0.05) is 29.8 Å². The highest BCUT2D eigenvalue weighted by atomic mass is 35.5. The summed E-state index contributed by atoms with van der Waals surface area (Å²) in [6.07, 6.45) is 4.65. The van der Waals surface area contributed by atoms with Crippen LogP contribution in [0.1, 0.15) is 46.4 Å². The van der Waals surface area contributed by atoms with Gasteiger partial charge in [0.05, 0.1) is 29.4 Å². The van der Waals surface area contributed by atoms with Gasteiger partial charge in [-0.25, -0.2) is 14.4 Å². The molecule has 0 bridgehead atoms. The number of rotatable bonds is 13. The summed E-state index contributed by atoms with van der Waals surface area (Å²) in [4.78, 5) is 35.9. The molecule has 0 amide bonds. The maximum atomic E-state index is 12.6. The van der Waals surface area contributed by atoms with E-state index >= 15 is 0 Å². The van der Waals surface area contributed by atoms with E-state index in [1.807, 2.05) is 0 Å². The van der Waals surface area contributed by atoms with Crippen molar-refractivity contribution in [1.29, 1.82) is 0 Å². The van der Waals surface area contributed by atoms with E-state index in [4.69, 9.17) is 42.1 Å². The van der Waals surface area contributed by atoms with Crippen LogP contribution in [0, 0.1) is 0 Å². The molecule has 0 radical (unpaired) electrons. The second kappa shape index (κ2) is 14.8.